The Hall–Kier alpha value is -2.07. The molecular weight excluding hydrogens is 246 g/mol. The molecule has 2 aromatic heterocycles. The second-order valence-electron chi connectivity index (χ2n) is 4.12. The van der Waals surface area contributed by atoms with Crippen LogP contribution in [-0.2, 0) is 6.54 Å². The maximum absolute atomic E-state index is 11.1. The number of hydrogen-bond donors (Lipinski definition) is 1. The summed E-state index contributed by atoms with van der Waals surface area (Å²) in [6.07, 6.45) is 1.94. The summed E-state index contributed by atoms with van der Waals surface area (Å²) in [6, 6.07) is 9.33. The lowest BCUT2D eigenvalue weighted by Gasteiger charge is -2.04. The molecule has 0 radical (unpaired) electrons. The van der Waals surface area contributed by atoms with E-state index in [0.29, 0.717) is 5.56 Å². The van der Waals surface area contributed by atoms with Crippen molar-refractivity contribution in [2.45, 2.75) is 6.54 Å². The third-order valence-electron chi connectivity index (χ3n) is 2.98. The monoisotopic (exact) mass is 257 g/mol. The Balaban J connectivity index is 2.09. The van der Waals surface area contributed by atoms with E-state index in [-0.39, 0.29) is 0 Å². The maximum Gasteiger partial charge on any atom is 0.336 e. The normalized spacial score (nSPS) is 10.9. The van der Waals surface area contributed by atoms with Gasteiger partial charge in [0.1, 0.15) is 0 Å². The van der Waals surface area contributed by atoms with Gasteiger partial charge < -0.3 is 9.67 Å². The molecule has 0 bridgehead atoms. The minimum absolute atomic E-state index is 0.358. The standard InChI is InChI=1S/C14H11NO2S/c16-14(17)12-2-1-3-13-11(12)4-6-15(13)8-10-5-7-18-9-10/h1-7,9H,8H2,(H,16,17). The van der Waals surface area contributed by atoms with E-state index in [4.69, 9.17) is 5.11 Å². The Bertz CT molecular complexity index is 698. The zero-order chi connectivity index (χ0) is 12.5. The quantitative estimate of drug-likeness (QED) is 0.780. The summed E-state index contributed by atoms with van der Waals surface area (Å²) in [7, 11) is 0. The molecule has 2 heterocycles. The van der Waals surface area contributed by atoms with Gasteiger partial charge in [-0.3, -0.25) is 0 Å². The Morgan fingerprint density at radius 1 is 1.28 bits per heavy atom. The lowest BCUT2D eigenvalue weighted by atomic mass is 10.1. The molecule has 3 rings (SSSR count). The Labute approximate surface area is 108 Å². The van der Waals surface area contributed by atoms with Crippen LogP contribution >= 0.6 is 11.3 Å². The summed E-state index contributed by atoms with van der Waals surface area (Å²) in [5.74, 6) is -0.881. The molecule has 0 aliphatic carbocycles. The van der Waals surface area contributed by atoms with Crippen molar-refractivity contribution < 1.29 is 9.90 Å². The molecule has 0 saturated heterocycles. The average molecular weight is 257 g/mol. The number of fused-ring (bicyclic) bond motifs is 1. The van der Waals surface area contributed by atoms with Gasteiger partial charge in [0.25, 0.3) is 0 Å². The first-order valence-electron chi connectivity index (χ1n) is 5.58. The average Bonchev–Trinajstić information content (AvgIpc) is 2.99. The molecule has 0 aliphatic rings. The lowest BCUT2D eigenvalue weighted by molar-refractivity contribution is 0.0699. The number of rotatable bonds is 3. The van der Waals surface area contributed by atoms with E-state index in [1.807, 2.05) is 23.7 Å². The molecule has 1 N–H and O–H groups in total. The second kappa shape index (κ2) is 4.31. The third-order valence-corrected chi connectivity index (χ3v) is 3.71. The highest BCUT2D eigenvalue weighted by Gasteiger charge is 2.10. The van der Waals surface area contributed by atoms with Crippen molar-refractivity contribution in [1.82, 2.24) is 4.57 Å². The van der Waals surface area contributed by atoms with Crippen molar-refractivity contribution in [1.29, 1.82) is 0 Å². The number of aromatic carboxylic acids is 1. The van der Waals surface area contributed by atoms with Crippen LogP contribution in [0.5, 0.6) is 0 Å². The largest absolute Gasteiger partial charge is 0.478 e. The highest BCUT2D eigenvalue weighted by Crippen LogP contribution is 2.21. The molecule has 0 saturated carbocycles. The van der Waals surface area contributed by atoms with E-state index in [2.05, 4.69) is 16.0 Å². The van der Waals surface area contributed by atoms with Crippen molar-refractivity contribution in [3.8, 4) is 0 Å². The molecule has 3 aromatic rings. The molecule has 0 atom stereocenters. The molecule has 1 aromatic carbocycles. The van der Waals surface area contributed by atoms with Crippen molar-refractivity contribution in [2.24, 2.45) is 0 Å². The molecule has 18 heavy (non-hydrogen) atoms. The van der Waals surface area contributed by atoms with Gasteiger partial charge in [0.05, 0.1) is 5.56 Å². The van der Waals surface area contributed by atoms with Gasteiger partial charge in [-0.15, -0.1) is 0 Å². The van der Waals surface area contributed by atoms with Crippen LogP contribution in [0.15, 0.2) is 47.3 Å². The fourth-order valence-electron chi connectivity index (χ4n) is 2.13. The van der Waals surface area contributed by atoms with Crippen LogP contribution in [0.3, 0.4) is 0 Å². The minimum atomic E-state index is -0.881. The number of carboxylic acid groups (broad SMARTS) is 1. The number of carboxylic acids is 1. The Kier molecular flexibility index (Phi) is 2.64. The summed E-state index contributed by atoms with van der Waals surface area (Å²) in [5.41, 5.74) is 2.55. The van der Waals surface area contributed by atoms with Crippen LogP contribution in [0.25, 0.3) is 10.9 Å². The van der Waals surface area contributed by atoms with Crippen LogP contribution in [-0.4, -0.2) is 15.6 Å². The fourth-order valence-corrected chi connectivity index (χ4v) is 2.79. The Morgan fingerprint density at radius 3 is 2.89 bits per heavy atom. The molecule has 0 aliphatic heterocycles. The van der Waals surface area contributed by atoms with E-state index in [1.165, 1.54) is 5.56 Å². The van der Waals surface area contributed by atoms with E-state index in [0.717, 1.165) is 17.4 Å². The van der Waals surface area contributed by atoms with Crippen LogP contribution in [0.4, 0.5) is 0 Å². The SMILES string of the molecule is O=C(O)c1cccc2c1ccn2Cc1ccsc1. The second-order valence-corrected chi connectivity index (χ2v) is 4.90. The van der Waals surface area contributed by atoms with Gasteiger partial charge in [-0.1, -0.05) is 6.07 Å². The van der Waals surface area contributed by atoms with E-state index >= 15 is 0 Å². The topological polar surface area (TPSA) is 42.2 Å². The van der Waals surface area contributed by atoms with Gasteiger partial charge in [-0.2, -0.15) is 11.3 Å². The molecule has 4 heteroatoms. The zero-order valence-corrected chi connectivity index (χ0v) is 10.4. The molecule has 90 valence electrons. The number of nitrogens with zero attached hydrogens (tertiary/aromatic N) is 1. The van der Waals surface area contributed by atoms with Gasteiger partial charge in [0.15, 0.2) is 0 Å². The number of carbonyl (C=O) groups is 1. The van der Waals surface area contributed by atoms with Gasteiger partial charge in [0, 0.05) is 23.6 Å². The Morgan fingerprint density at radius 2 is 2.17 bits per heavy atom. The number of aromatic nitrogens is 1. The maximum atomic E-state index is 11.1. The highest BCUT2D eigenvalue weighted by atomic mass is 32.1. The van der Waals surface area contributed by atoms with Gasteiger partial charge in [-0.25, -0.2) is 4.79 Å². The van der Waals surface area contributed by atoms with Crippen molar-refractivity contribution in [3.05, 3.63) is 58.4 Å². The van der Waals surface area contributed by atoms with Crippen LogP contribution < -0.4 is 0 Å². The van der Waals surface area contributed by atoms with Crippen LogP contribution in [0, 0.1) is 0 Å². The van der Waals surface area contributed by atoms with Crippen LogP contribution in [0.1, 0.15) is 15.9 Å². The first-order valence-corrected chi connectivity index (χ1v) is 6.52. The molecule has 0 fully saturated rings. The van der Waals surface area contributed by atoms with Crippen molar-refractivity contribution in [2.75, 3.05) is 0 Å². The van der Waals surface area contributed by atoms with Crippen molar-refractivity contribution in [3.63, 3.8) is 0 Å². The minimum Gasteiger partial charge on any atom is -0.478 e. The third kappa shape index (κ3) is 1.80. The number of thiophene rings is 1. The van der Waals surface area contributed by atoms with Gasteiger partial charge in [-0.05, 0) is 40.6 Å². The fraction of sp³-hybridized carbons (Fsp3) is 0.0714. The number of benzene rings is 1. The summed E-state index contributed by atoms with van der Waals surface area (Å²) in [6.45, 7) is 0.774. The molecular formula is C14H11NO2S. The summed E-state index contributed by atoms with van der Waals surface area (Å²) in [5, 5.41) is 14.1. The van der Waals surface area contributed by atoms with E-state index in [1.54, 1.807) is 23.5 Å². The van der Waals surface area contributed by atoms with E-state index in [9.17, 15) is 4.79 Å². The molecule has 0 unspecified atom stereocenters. The first kappa shape index (κ1) is 11.0. The summed E-state index contributed by atoms with van der Waals surface area (Å²) in [4.78, 5) is 11.1. The smallest absolute Gasteiger partial charge is 0.336 e. The molecule has 0 amide bonds. The summed E-state index contributed by atoms with van der Waals surface area (Å²) < 4.78 is 2.07. The molecule has 3 nitrogen and oxygen atoms in total. The first-order chi connectivity index (χ1) is 8.75. The van der Waals surface area contributed by atoms with E-state index < -0.39 is 5.97 Å². The zero-order valence-electron chi connectivity index (χ0n) is 9.54. The lowest BCUT2D eigenvalue weighted by Crippen LogP contribution is -1.99. The molecule has 0 spiro atoms. The predicted octanol–water partition coefficient (Wildman–Crippen LogP) is 3.45. The van der Waals surface area contributed by atoms with Gasteiger partial charge >= 0.3 is 5.97 Å². The highest BCUT2D eigenvalue weighted by molar-refractivity contribution is 7.07. The van der Waals surface area contributed by atoms with Crippen LogP contribution in [0.2, 0.25) is 0 Å². The van der Waals surface area contributed by atoms with Gasteiger partial charge in [0.2, 0.25) is 0 Å². The number of hydrogen-bond acceptors (Lipinski definition) is 2. The van der Waals surface area contributed by atoms with Crippen molar-refractivity contribution >= 4 is 28.2 Å². The predicted molar refractivity (Wildman–Crippen MR) is 72.3 cm³/mol. The summed E-state index contributed by atoms with van der Waals surface area (Å²) >= 11 is 1.67.